The van der Waals surface area contributed by atoms with E-state index in [1.54, 1.807) is 18.2 Å². The smallest absolute Gasteiger partial charge is 0.348 e. The minimum Gasteiger partial charge on any atom is -0.504 e. The Hall–Kier alpha value is -3.41. The molecule has 6 nitrogen and oxygen atoms in total. The van der Waals surface area contributed by atoms with Gasteiger partial charge in [-0.25, -0.2) is 4.79 Å². The van der Waals surface area contributed by atoms with Gasteiger partial charge in [0.1, 0.15) is 22.3 Å². The van der Waals surface area contributed by atoms with Gasteiger partial charge in [0.05, 0.1) is 12.5 Å². The third kappa shape index (κ3) is 2.61. The summed E-state index contributed by atoms with van der Waals surface area (Å²) < 4.78 is 16.6. The molecular weight excluding hydrogens is 348 g/mol. The van der Waals surface area contributed by atoms with Crippen LogP contribution in [0.3, 0.4) is 0 Å². The van der Waals surface area contributed by atoms with Crippen molar-refractivity contribution in [2.24, 2.45) is 0 Å². The molecule has 0 bridgehead atoms. The first-order chi connectivity index (χ1) is 12.9. The second-order valence-corrected chi connectivity index (χ2v) is 6.64. The highest BCUT2D eigenvalue weighted by molar-refractivity contribution is 6.14. The van der Waals surface area contributed by atoms with Gasteiger partial charge in [0.15, 0.2) is 17.1 Å². The number of aromatic hydroxyl groups is 2. The summed E-state index contributed by atoms with van der Waals surface area (Å²) in [6, 6.07) is 6.43. The standard InChI is InChI=1S/C21H18O6/c1-10(2)4-6-13-18(23)15(22)9-14-17-20(27-19(13)14)12-7-5-11(25-3)8-16(12)26-21(17)24/h4-5,7-9,22-23H,6H2,1-3H3. The molecule has 0 amide bonds. The molecule has 27 heavy (non-hydrogen) atoms. The largest absolute Gasteiger partial charge is 0.504 e. The van der Waals surface area contributed by atoms with Crippen LogP contribution in [0.2, 0.25) is 0 Å². The predicted molar refractivity (Wildman–Crippen MR) is 103 cm³/mol. The molecule has 0 aliphatic carbocycles. The van der Waals surface area contributed by atoms with Crippen molar-refractivity contribution < 1.29 is 23.8 Å². The third-order valence-corrected chi connectivity index (χ3v) is 4.58. The van der Waals surface area contributed by atoms with E-state index < -0.39 is 5.63 Å². The van der Waals surface area contributed by atoms with Crippen molar-refractivity contribution in [1.29, 1.82) is 0 Å². The van der Waals surface area contributed by atoms with E-state index in [2.05, 4.69) is 0 Å². The van der Waals surface area contributed by atoms with Gasteiger partial charge >= 0.3 is 5.63 Å². The number of benzene rings is 2. The number of rotatable bonds is 3. The first-order valence-electron chi connectivity index (χ1n) is 8.45. The summed E-state index contributed by atoms with van der Waals surface area (Å²) in [6.45, 7) is 3.87. The van der Waals surface area contributed by atoms with Crippen LogP contribution in [0.5, 0.6) is 17.2 Å². The van der Waals surface area contributed by atoms with Crippen molar-refractivity contribution in [3.8, 4) is 17.2 Å². The Labute approximate surface area is 153 Å². The Kier molecular flexibility index (Phi) is 3.84. The molecular formula is C21H18O6. The van der Waals surface area contributed by atoms with Crippen LogP contribution in [0, 0.1) is 0 Å². The van der Waals surface area contributed by atoms with Crippen LogP contribution in [0.1, 0.15) is 19.4 Å². The Bertz CT molecular complexity index is 1290. The van der Waals surface area contributed by atoms with Gasteiger partial charge in [-0.1, -0.05) is 11.6 Å². The molecule has 0 aliphatic rings. The van der Waals surface area contributed by atoms with E-state index in [-0.39, 0.29) is 16.9 Å². The zero-order chi connectivity index (χ0) is 19.3. The van der Waals surface area contributed by atoms with Gasteiger partial charge in [-0.2, -0.15) is 0 Å². The van der Waals surface area contributed by atoms with E-state index in [1.165, 1.54) is 13.2 Å². The molecule has 0 radical (unpaired) electrons. The fraction of sp³-hybridized carbons (Fsp3) is 0.190. The minimum absolute atomic E-state index is 0.233. The van der Waals surface area contributed by atoms with Gasteiger partial charge in [-0.15, -0.1) is 0 Å². The molecule has 4 rings (SSSR count). The normalized spacial score (nSPS) is 11.4. The number of furan rings is 1. The fourth-order valence-corrected chi connectivity index (χ4v) is 3.21. The number of fused-ring (bicyclic) bond motifs is 5. The summed E-state index contributed by atoms with van der Waals surface area (Å²) in [6.07, 6.45) is 2.27. The number of hydrogen-bond donors (Lipinski definition) is 2. The highest BCUT2D eigenvalue weighted by atomic mass is 16.5. The van der Waals surface area contributed by atoms with E-state index in [9.17, 15) is 15.0 Å². The first kappa shape index (κ1) is 17.0. The van der Waals surface area contributed by atoms with Crippen molar-refractivity contribution in [1.82, 2.24) is 0 Å². The Morgan fingerprint density at radius 2 is 1.89 bits per heavy atom. The highest BCUT2D eigenvalue weighted by Gasteiger charge is 2.22. The quantitative estimate of drug-likeness (QED) is 0.312. The van der Waals surface area contributed by atoms with Crippen LogP contribution in [0.15, 0.2) is 49.5 Å². The van der Waals surface area contributed by atoms with Crippen LogP contribution in [-0.4, -0.2) is 17.3 Å². The van der Waals surface area contributed by atoms with Gasteiger partial charge in [0, 0.05) is 17.0 Å². The van der Waals surface area contributed by atoms with Crippen LogP contribution < -0.4 is 10.4 Å². The van der Waals surface area contributed by atoms with Gasteiger partial charge in [-0.05, 0) is 38.5 Å². The number of ether oxygens (including phenoxy) is 1. The molecule has 2 aromatic carbocycles. The number of phenols is 2. The Balaban J connectivity index is 2.15. The molecule has 0 unspecified atom stereocenters. The maximum Gasteiger partial charge on any atom is 0.348 e. The van der Waals surface area contributed by atoms with Gasteiger partial charge < -0.3 is 23.8 Å². The molecule has 0 saturated heterocycles. The van der Waals surface area contributed by atoms with E-state index in [4.69, 9.17) is 13.6 Å². The van der Waals surface area contributed by atoms with Crippen LogP contribution in [0.25, 0.3) is 32.9 Å². The fourth-order valence-electron chi connectivity index (χ4n) is 3.21. The van der Waals surface area contributed by atoms with E-state index in [0.29, 0.717) is 45.3 Å². The van der Waals surface area contributed by atoms with Crippen LogP contribution in [0.4, 0.5) is 0 Å². The van der Waals surface area contributed by atoms with Crippen LogP contribution >= 0.6 is 0 Å². The monoisotopic (exact) mass is 366 g/mol. The maximum absolute atomic E-state index is 12.6. The predicted octanol–water partition coefficient (Wildman–Crippen LogP) is 4.62. The molecule has 0 fully saturated rings. The lowest BCUT2D eigenvalue weighted by Crippen LogP contribution is -1.98. The highest BCUT2D eigenvalue weighted by Crippen LogP contribution is 2.42. The summed E-state index contributed by atoms with van der Waals surface area (Å²) >= 11 is 0. The molecule has 2 N–H and O–H groups in total. The van der Waals surface area contributed by atoms with Crippen molar-refractivity contribution in [2.45, 2.75) is 20.3 Å². The summed E-state index contributed by atoms with van der Waals surface area (Å²) in [5.41, 5.74) is 1.94. The van der Waals surface area contributed by atoms with Crippen molar-refractivity contribution in [3.63, 3.8) is 0 Å². The summed E-state index contributed by atoms with van der Waals surface area (Å²) in [4.78, 5) is 12.6. The zero-order valence-corrected chi connectivity index (χ0v) is 15.1. The van der Waals surface area contributed by atoms with E-state index >= 15 is 0 Å². The second-order valence-electron chi connectivity index (χ2n) is 6.64. The lowest BCUT2D eigenvalue weighted by molar-refractivity contribution is 0.400. The number of phenolic OH excluding ortho intramolecular Hbond substituents is 2. The summed E-state index contributed by atoms with van der Waals surface area (Å²) in [5.74, 6) is -0.00773. The zero-order valence-electron chi connectivity index (χ0n) is 15.1. The summed E-state index contributed by atoms with van der Waals surface area (Å²) in [7, 11) is 1.53. The van der Waals surface area contributed by atoms with Gasteiger partial charge in [-0.3, -0.25) is 0 Å². The van der Waals surface area contributed by atoms with Gasteiger partial charge in [0.25, 0.3) is 0 Å². The lowest BCUT2D eigenvalue weighted by atomic mass is 10.0. The van der Waals surface area contributed by atoms with Crippen molar-refractivity contribution in [3.05, 3.63) is 51.9 Å². The first-order valence-corrected chi connectivity index (χ1v) is 8.45. The Morgan fingerprint density at radius 3 is 2.59 bits per heavy atom. The van der Waals surface area contributed by atoms with Crippen molar-refractivity contribution >= 4 is 32.9 Å². The molecule has 0 aliphatic heterocycles. The molecule has 0 atom stereocenters. The molecule has 4 aromatic rings. The average molecular weight is 366 g/mol. The molecule has 0 spiro atoms. The SMILES string of the molecule is COc1ccc2c(c1)oc(=O)c1c3cc(O)c(O)c(CC=C(C)C)c3oc21. The van der Waals surface area contributed by atoms with Crippen molar-refractivity contribution in [2.75, 3.05) is 7.11 Å². The number of methoxy groups -OCH3 is 1. The molecule has 0 saturated carbocycles. The van der Waals surface area contributed by atoms with Gasteiger partial charge in [0.2, 0.25) is 0 Å². The van der Waals surface area contributed by atoms with E-state index in [0.717, 1.165) is 5.57 Å². The minimum atomic E-state index is -0.581. The lowest BCUT2D eigenvalue weighted by Gasteiger charge is -2.05. The molecule has 6 heteroatoms. The molecule has 138 valence electrons. The molecule has 2 heterocycles. The second kappa shape index (κ2) is 6.09. The maximum atomic E-state index is 12.6. The number of allylic oxidation sites excluding steroid dienone is 2. The molecule has 2 aromatic heterocycles. The summed E-state index contributed by atoms with van der Waals surface area (Å²) in [5, 5.41) is 21.7. The number of hydrogen-bond acceptors (Lipinski definition) is 6. The van der Waals surface area contributed by atoms with E-state index in [1.807, 2.05) is 19.9 Å². The average Bonchev–Trinajstić information content (AvgIpc) is 3.01. The Morgan fingerprint density at radius 1 is 1.11 bits per heavy atom. The third-order valence-electron chi connectivity index (χ3n) is 4.58. The topological polar surface area (TPSA) is 93.0 Å². The van der Waals surface area contributed by atoms with Crippen LogP contribution in [-0.2, 0) is 6.42 Å².